The van der Waals surface area contributed by atoms with Gasteiger partial charge < -0.3 is 38.3 Å². The standard InChI is InChI=1S/C30H40O9/c1-8-9-10-11-12-22(31)39-29-24-19(15-20(33-4)25(34-5)28(24)36-7)23-18(13-17(2)30(29,3)32)14-21-26(27(23)35-6)38-16-37-21/h14-15,17,29,32H,8-13,16H2,1-7H3/t17-,29-,30-/m0/s1. The molecule has 0 radical (unpaired) electrons. The van der Waals surface area contributed by atoms with Gasteiger partial charge in [0.15, 0.2) is 29.1 Å². The zero-order valence-electron chi connectivity index (χ0n) is 24.0. The first-order valence-corrected chi connectivity index (χ1v) is 13.5. The van der Waals surface area contributed by atoms with Gasteiger partial charge in [-0.15, -0.1) is 0 Å². The van der Waals surface area contributed by atoms with Gasteiger partial charge in [0.25, 0.3) is 0 Å². The number of benzene rings is 2. The fraction of sp³-hybridized carbons (Fsp3) is 0.567. The summed E-state index contributed by atoms with van der Waals surface area (Å²) < 4.78 is 40.9. The largest absolute Gasteiger partial charge is 0.493 e. The van der Waals surface area contributed by atoms with Crippen molar-refractivity contribution in [1.29, 1.82) is 0 Å². The van der Waals surface area contributed by atoms with Gasteiger partial charge in [0.1, 0.15) is 5.60 Å². The maximum Gasteiger partial charge on any atom is 0.306 e. The molecule has 0 aromatic heterocycles. The Morgan fingerprint density at radius 1 is 1.00 bits per heavy atom. The molecular weight excluding hydrogens is 504 g/mol. The lowest BCUT2D eigenvalue weighted by atomic mass is 9.73. The molecule has 4 rings (SSSR count). The summed E-state index contributed by atoms with van der Waals surface area (Å²) in [6.45, 7) is 5.82. The summed E-state index contributed by atoms with van der Waals surface area (Å²) in [5, 5.41) is 12.1. The van der Waals surface area contributed by atoms with Gasteiger partial charge in [-0.3, -0.25) is 4.79 Å². The van der Waals surface area contributed by atoms with Crippen molar-refractivity contribution in [3.8, 4) is 45.6 Å². The molecule has 2 aliphatic rings. The quantitative estimate of drug-likeness (QED) is 0.302. The number of hydrogen-bond donors (Lipinski definition) is 1. The second-order valence-electron chi connectivity index (χ2n) is 10.3. The summed E-state index contributed by atoms with van der Waals surface area (Å²) in [6.07, 6.45) is 3.40. The lowest BCUT2D eigenvalue weighted by Gasteiger charge is -2.41. The lowest BCUT2D eigenvalue weighted by Crippen LogP contribution is -2.44. The highest BCUT2D eigenvalue weighted by Crippen LogP contribution is 2.58. The second-order valence-corrected chi connectivity index (χ2v) is 10.3. The molecule has 1 aliphatic carbocycles. The Kier molecular flexibility index (Phi) is 8.69. The van der Waals surface area contributed by atoms with E-state index in [0.717, 1.165) is 30.4 Å². The normalized spacial score (nSPS) is 21.2. The van der Waals surface area contributed by atoms with E-state index >= 15 is 0 Å². The van der Waals surface area contributed by atoms with Gasteiger partial charge in [-0.2, -0.15) is 0 Å². The SMILES string of the molecule is CCCCCCC(=O)O[C@H]1c2c(cc(OC)c(OC)c2OC)-c2c(cc3c(c2OC)OCO3)C[C@H](C)[C@]1(C)O. The fourth-order valence-electron chi connectivity index (χ4n) is 5.51. The van der Waals surface area contributed by atoms with Crippen LogP contribution in [0, 0.1) is 5.92 Å². The fourth-order valence-corrected chi connectivity index (χ4v) is 5.51. The van der Waals surface area contributed by atoms with Crippen molar-refractivity contribution < 1.29 is 43.1 Å². The third-order valence-corrected chi connectivity index (χ3v) is 7.84. The van der Waals surface area contributed by atoms with Crippen molar-refractivity contribution in [2.45, 2.75) is 71.0 Å². The van der Waals surface area contributed by atoms with Crippen LogP contribution in [-0.4, -0.2) is 51.9 Å². The van der Waals surface area contributed by atoms with Gasteiger partial charge in [0.2, 0.25) is 18.3 Å². The first-order valence-electron chi connectivity index (χ1n) is 13.5. The number of rotatable bonds is 10. The Balaban J connectivity index is 2.01. The Morgan fingerprint density at radius 2 is 1.72 bits per heavy atom. The summed E-state index contributed by atoms with van der Waals surface area (Å²) in [7, 11) is 6.13. The van der Waals surface area contributed by atoms with Crippen molar-refractivity contribution >= 4 is 5.97 Å². The smallest absolute Gasteiger partial charge is 0.306 e. The third kappa shape index (κ3) is 5.16. The summed E-state index contributed by atoms with van der Waals surface area (Å²) in [5.41, 5.74) is 1.21. The molecule has 39 heavy (non-hydrogen) atoms. The molecule has 1 aliphatic heterocycles. The number of unbranched alkanes of at least 4 members (excludes halogenated alkanes) is 3. The van der Waals surface area contributed by atoms with Crippen LogP contribution >= 0.6 is 0 Å². The van der Waals surface area contributed by atoms with E-state index in [1.54, 1.807) is 20.1 Å². The van der Waals surface area contributed by atoms with Crippen LogP contribution in [0.3, 0.4) is 0 Å². The Hall–Kier alpha value is -3.33. The summed E-state index contributed by atoms with van der Waals surface area (Å²) >= 11 is 0. The van der Waals surface area contributed by atoms with Gasteiger partial charge in [-0.25, -0.2) is 0 Å². The van der Waals surface area contributed by atoms with E-state index in [-0.39, 0.29) is 25.1 Å². The molecule has 0 amide bonds. The molecule has 0 bridgehead atoms. The van der Waals surface area contributed by atoms with Gasteiger partial charge >= 0.3 is 5.97 Å². The minimum atomic E-state index is -1.47. The van der Waals surface area contributed by atoms with E-state index in [4.69, 9.17) is 33.2 Å². The Morgan fingerprint density at radius 3 is 2.36 bits per heavy atom. The first-order chi connectivity index (χ1) is 18.7. The Labute approximate surface area is 230 Å². The summed E-state index contributed by atoms with van der Waals surface area (Å²) in [4.78, 5) is 13.2. The highest BCUT2D eigenvalue weighted by atomic mass is 16.7. The van der Waals surface area contributed by atoms with Crippen LogP contribution in [0.1, 0.15) is 70.1 Å². The molecule has 0 spiro atoms. The van der Waals surface area contributed by atoms with E-state index in [1.165, 1.54) is 21.3 Å². The summed E-state index contributed by atoms with van der Waals surface area (Å²) in [6, 6.07) is 3.72. The topological polar surface area (TPSA) is 102 Å². The first kappa shape index (κ1) is 28.7. The predicted molar refractivity (Wildman–Crippen MR) is 145 cm³/mol. The van der Waals surface area contributed by atoms with Crippen LogP contribution in [0.25, 0.3) is 11.1 Å². The lowest BCUT2D eigenvalue weighted by molar-refractivity contribution is -0.171. The van der Waals surface area contributed by atoms with E-state index in [9.17, 15) is 9.90 Å². The van der Waals surface area contributed by atoms with Crippen molar-refractivity contribution in [3.63, 3.8) is 0 Å². The molecule has 2 aromatic rings. The van der Waals surface area contributed by atoms with Crippen LogP contribution in [0.5, 0.6) is 34.5 Å². The molecule has 0 unspecified atom stereocenters. The van der Waals surface area contributed by atoms with Gasteiger partial charge in [-0.05, 0) is 43.4 Å². The molecule has 9 heteroatoms. The van der Waals surface area contributed by atoms with Crippen molar-refractivity contribution in [1.82, 2.24) is 0 Å². The zero-order valence-corrected chi connectivity index (χ0v) is 24.0. The van der Waals surface area contributed by atoms with Crippen LogP contribution in [0.4, 0.5) is 0 Å². The molecule has 0 saturated carbocycles. The van der Waals surface area contributed by atoms with E-state index in [1.807, 2.05) is 13.0 Å². The monoisotopic (exact) mass is 544 g/mol. The number of aliphatic hydroxyl groups is 1. The number of hydrogen-bond acceptors (Lipinski definition) is 9. The molecule has 1 N–H and O–H groups in total. The maximum absolute atomic E-state index is 13.2. The minimum Gasteiger partial charge on any atom is -0.493 e. The molecular formula is C30H40O9. The minimum absolute atomic E-state index is 0.0717. The number of fused-ring (bicyclic) bond motifs is 4. The predicted octanol–water partition coefficient (Wildman–Crippen LogP) is 5.61. The van der Waals surface area contributed by atoms with Crippen LogP contribution in [0.15, 0.2) is 12.1 Å². The maximum atomic E-state index is 13.2. The highest BCUT2D eigenvalue weighted by molar-refractivity contribution is 5.86. The van der Waals surface area contributed by atoms with E-state index < -0.39 is 11.7 Å². The molecule has 214 valence electrons. The highest BCUT2D eigenvalue weighted by Gasteiger charge is 2.47. The number of esters is 1. The van der Waals surface area contributed by atoms with Crippen molar-refractivity contribution in [2.24, 2.45) is 5.92 Å². The van der Waals surface area contributed by atoms with Crippen molar-refractivity contribution in [3.05, 3.63) is 23.3 Å². The van der Waals surface area contributed by atoms with Crippen LogP contribution < -0.4 is 28.4 Å². The van der Waals surface area contributed by atoms with Gasteiger partial charge in [0.05, 0.1) is 28.4 Å². The number of methoxy groups -OCH3 is 4. The average Bonchev–Trinajstić information content (AvgIpc) is 3.40. The summed E-state index contributed by atoms with van der Waals surface area (Å²) in [5.74, 6) is 1.85. The number of ether oxygens (including phenoxy) is 7. The zero-order chi connectivity index (χ0) is 28.3. The number of carbonyl (C=O) groups is 1. The molecule has 1 heterocycles. The van der Waals surface area contributed by atoms with Crippen LogP contribution in [0.2, 0.25) is 0 Å². The molecule has 0 fully saturated rings. The average molecular weight is 545 g/mol. The molecule has 9 nitrogen and oxygen atoms in total. The third-order valence-electron chi connectivity index (χ3n) is 7.84. The van der Waals surface area contributed by atoms with Gasteiger partial charge in [0, 0.05) is 23.1 Å². The van der Waals surface area contributed by atoms with Crippen LogP contribution in [-0.2, 0) is 16.0 Å². The van der Waals surface area contributed by atoms with Gasteiger partial charge in [-0.1, -0.05) is 33.1 Å². The van der Waals surface area contributed by atoms with Crippen molar-refractivity contribution in [2.75, 3.05) is 35.2 Å². The molecule has 2 aromatic carbocycles. The van der Waals surface area contributed by atoms with E-state index in [0.29, 0.717) is 58.5 Å². The number of carbonyl (C=O) groups excluding carboxylic acids is 1. The molecule has 0 saturated heterocycles. The Bertz CT molecular complexity index is 1200. The van der Waals surface area contributed by atoms with E-state index in [2.05, 4.69) is 6.92 Å². The second kappa shape index (κ2) is 11.8. The molecule has 3 atom stereocenters.